The Morgan fingerprint density at radius 1 is 1.44 bits per heavy atom. The molecular weight excluding hydrogens is 202 g/mol. The predicted molar refractivity (Wildman–Crippen MR) is 64.5 cm³/mol. The van der Waals surface area contributed by atoms with Crippen LogP contribution in [-0.4, -0.2) is 16.5 Å². The zero-order valence-electron chi connectivity index (χ0n) is 9.54. The van der Waals surface area contributed by atoms with Crippen molar-refractivity contribution in [2.75, 3.05) is 11.9 Å². The Kier molecular flexibility index (Phi) is 3.97. The van der Waals surface area contributed by atoms with Gasteiger partial charge in [0, 0.05) is 12.6 Å². The van der Waals surface area contributed by atoms with Crippen LogP contribution in [0.2, 0.25) is 0 Å². The summed E-state index contributed by atoms with van der Waals surface area (Å²) in [6.07, 6.45) is 9.53. The van der Waals surface area contributed by atoms with Crippen molar-refractivity contribution in [3.8, 4) is 0 Å². The second-order valence-corrected chi connectivity index (χ2v) is 4.52. The lowest BCUT2D eigenvalue weighted by Crippen LogP contribution is -2.10. The average molecular weight is 221 g/mol. The van der Waals surface area contributed by atoms with Crippen LogP contribution in [0.15, 0.2) is 17.2 Å². The number of aromatic nitrogens is 2. The van der Waals surface area contributed by atoms with Crippen molar-refractivity contribution in [2.24, 2.45) is 5.92 Å². The van der Waals surface area contributed by atoms with Crippen LogP contribution in [0.25, 0.3) is 0 Å². The summed E-state index contributed by atoms with van der Waals surface area (Å²) in [5, 5.41) is 3.18. The van der Waals surface area contributed by atoms with Gasteiger partial charge in [-0.1, -0.05) is 25.7 Å². The molecule has 1 fully saturated rings. The summed E-state index contributed by atoms with van der Waals surface area (Å²) >= 11 is 0. The van der Waals surface area contributed by atoms with E-state index in [1.54, 1.807) is 0 Å². The Bertz CT molecular complexity index is 369. The summed E-state index contributed by atoms with van der Waals surface area (Å²) in [6.45, 7) is 0.910. The SMILES string of the molecule is O=c1cc(NCCCC2CCCC2)nc[nH]1. The van der Waals surface area contributed by atoms with E-state index in [0.717, 1.165) is 12.5 Å². The van der Waals surface area contributed by atoms with Crippen LogP contribution < -0.4 is 10.9 Å². The van der Waals surface area contributed by atoms with E-state index in [1.807, 2.05) is 0 Å². The average Bonchev–Trinajstić information content (AvgIpc) is 2.77. The fourth-order valence-corrected chi connectivity index (χ4v) is 2.37. The third-order valence-corrected chi connectivity index (χ3v) is 3.25. The molecule has 0 unspecified atom stereocenters. The lowest BCUT2D eigenvalue weighted by Gasteiger charge is -2.09. The normalized spacial score (nSPS) is 16.5. The topological polar surface area (TPSA) is 57.8 Å². The molecule has 88 valence electrons. The van der Waals surface area contributed by atoms with Crippen molar-refractivity contribution in [1.82, 2.24) is 9.97 Å². The maximum absolute atomic E-state index is 11.0. The van der Waals surface area contributed by atoms with E-state index in [9.17, 15) is 4.79 Å². The van der Waals surface area contributed by atoms with Crippen LogP contribution in [0.4, 0.5) is 5.82 Å². The zero-order chi connectivity index (χ0) is 11.2. The molecular formula is C12H19N3O. The van der Waals surface area contributed by atoms with E-state index in [2.05, 4.69) is 15.3 Å². The summed E-state index contributed by atoms with van der Waals surface area (Å²) in [5.41, 5.74) is -0.103. The van der Waals surface area contributed by atoms with E-state index in [0.29, 0.717) is 5.82 Å². The number of anilines is 1. The van der Waals surface area contributed by atoms with E-state index in [1.165, 1.54) is 50.9 Å². The Labute approximate surface area is 95.5 Å². The fourth-order valence-electron chi connectivity index (χ4n) is 2.37. The van der Waals surface area contributed by atoms with E-state index < -0.39 is 0 Å². The molecule has 1 aliphatic rings. The molecule has 1 aromatic heterocycles. The highest BCUT2D eigenvalue weighted by Gasteiger charge is 2.13. The first-order valence-corrected chi connectivity index (χ1v) is 6.13. The van der Waals surface area contributed by atoms with Gasteiger partial charge in [-0.15, -0.1) is 0 Å². The smallest absolute Gasteiger partial charge is 0.252 e. The first kappa shape index (κ1) is 11.2. The second-order valence-electron chi connectivity index (χ2n) is 4.52. The van der Waals surface area contributed by atoms with Gasteiger partial charge in [-0.05, 0) is 18.8 Å². The molecule has 0 amide bonds. The molecule has 0 bridgehead atoms. The van der Waals surface area contributed by atoms with Gasteiger partial charge in [-0.2, -0.15) is 0 Å². The Balaban J connectivity index is 1.66. The summed E-state index contributed by atoms with van der Waals surface area (Å²) < 4.78 is 0. The summed E-state index contributed by atoms with van der Waals surface area (Å²) in [5.74, 6) is 1.61. The molecule has 0 saturated heterocycles. The van der Waals surface area contributed by atoms with Crippen molar-refractivity contribution in [1.29, 1.82) is 0 Å². The molecule has 2 rings (SSSR count). The van der Waals surface area contributed by atoms with Gasteiger partial charge >= 0.3 is 0 Å². The molecule has 0 radical (unpaired) electrons. The quantitative estimate of drug-likeness (QED) is 0.749. The molecule has 0 aliphatic heterocycles. The molecule has 1 aliphatic carbocycles. The lowest BCUT2D eigenvalue weighted by atomic mass is 10.0. The van der Waals surface area contributed by atoms with Crippen LogP contribution >= 0.6 is 0 Å². The molecule has 2 N–H and O–H groups in total. The molecule has 16 heavy (non-hydrogen) atoms. The third-order valence-electron chi connectivity index (χ3n) is 3.25. The van der Waals surface area contributed by atoms with Gasteiger partial charge in [-0.25, -0.2) is 4.98 Å². The van der Waals surface area contributed by atoms with Gasteiger partial charge in [0.2, 0.25) is 0 Å². The number of nitrogens with zero attached hydrogens (tertiary/aromatic N) is 1. The van der Waals surface area contributed by atoms with Gasteiger partial charge in [0.1, 0.15) is 5.82 Å². The monoisotopic (exact) mass is 221 g/mol. The highest BCUT2D eigenvalue weighted by Crippen LogP contribution is 2.28. The highest BCUT2D eigenvalue weighted by atomic mass is 16.1. The number of H-pyrrole nitrogens is 1. The minimum absolute atomic E-state index is 0.103. The number of aromatic amines is 1. The summed E-state index contributed by atoms with van der Waals surface area (Å²) in [4.78, 5) is 17.5. The molecule has 1 saturated carbocycles. The molecule has 4 nitrogen and oxygen atoms in total. The summed E-state index contributed by atoms with van der Waals surface area (Å²) in [7, 11) is 0. The van der Waals surface area contributed by atoms with Crippen molar-refractivity contribution in [3.05, 3.63) is 22.7 Å². The predicted octanol–water partition coefficient (Wildman–Crippen LogP) is 2.15. The van der Waals surface area contributed by atoms with Crippen LogP contribution in [0.5, 0.6) is 0 Å². The summed E-state index contributed by atoms with van der Waals surface area (Å²) in [6, 6.07) is 1.50. The van der Waals surface area contributed by atoms with Gasteiger partial charge < -0.3 is 10.3 Å². The Morgan fingerprint density at radius 3 is 3.00 bits per heavy atom. The number of rotatable bonds is 5. The minimum atomic E-state index is -0.103. The molecule has 0 aromatic carbocycles. The zero-order valence-corrected chi connectivity index (χ0v) is 9.54. The van der Waals surface area contributed by atoms with Crippen molar-refractivity contribution < 1.29 is 0 Å². The van der Waals surface area contributed by atoms with Crippen LogP contribution in [-0.2, 0) is 0 Å². The number of hydrogen-bond donors (Lipinski definition) is 2. The van der Waals surface area contributed by atoms with Crippen LogP contribution in [0.1, 0.15) is 38.5 Å². The van der Waals surface area contributed by atoms with E-state index in [4.69, 9.17) is 0 Å². The Morgan fingerprint density at radius 2 is 2.25 bits per heavy atom. The third kappa shape index (κ3) is 3.36. The van der Waals surface area contributed by atoms with Crippen molar-refractivity contribution >= 4 is 5.82 Å². The van der Waals surface area contributed by atoms with Crippen molar-refractivity contribution in [2.45, 2.75) is 38.5 Å². The first-order chi connectivity index (χ1) is 7.84. The minimum Gasteiger partial charge on any atom is -0.370 e. The molecule has 1 aromatic rings. The van der Waals surface area contributed by atoms with Gasteiger partial charge in [0.25, 0.3) is 5.56 Å². The standard InChI is InChI=1S/C12H19N3O/c16-12-8-11(14-9-15-12)13-7-3-6-10-4-1-2-5-10/h8-10H,1-7H2,(H2,13,14,15,16). The first-order valence-electron chi connectivity index (χ1n) is 6.13. The number of hydrogen-bond acceptors (Lipinski definition) is 3. The van der Waals surface area contributed by atoms with Gasteiger partial charge in [0.15, 0.2) is 0 Å². The maximum atomic E-state index is 11.0. The fraction of sp³-hybridized carbons (Fsp3) is 0.667. The second kappa shape index (κ2) is 5.68. The lowest BCUT2D eigenvalue weighted by molar-refractivity contribution is 0.491. The highest BCUT2D eigenvalue weighted by molar-refractivity contribution is 5.31. The number of nitrogens with one attached hydrogen (secondary N) is 2. The Hall–Kier alpha value is -1.32. The van der Waals surface area contributed by atoms with Crippen molar-refractivity contribution in [3.63, 3.8) is 0 Å². The van der Waals surface area contributed by atoms with Gasteiger partial charge in [0.05, 0.1) is 6.33 Å². The molecule has 1 heterocycles. The van der Waals surface area contributed by atoms with Crippen LogP contribution in [0, 0.1) is 5.92 Å². The van der Waals surface area contributed by atoms with Crippen LogP contribution in [0.3, 0.4) is 0 Å². The van der Waals surface area contributed by atoms with E-state index in [-0.39, 0.29) is 5.56 Å². The molecule has 4 heteroatoms. The maximum Gasteiger partial charge on any atom is 0.252 e. The molecule has 0 spiro atoms. The van der Waals surface area contributed by atoms with Gasteiger partial charge in [-0.3, -0.25) is 4.79 Å². The largest absolute Gasteiger partial charge is 0.370 e. The van der Waals surface area contributed by atoms with E-state index >= 15 is 0 Å². The molecule has 0 atom stereocenters.